The summed E-state index contributed by atoms with van der Waals surface area (Å²) in [5, 5.41) is 0. The quantitative estimate of drug-likeness (QED) is 0.537. The van der Waals surface area contributed by atoms with Crippen LogP contribution in [0.15, 0.2) is 41.6 Å². The van der Waals surface area contributed by atoms with Crippen LogP contribution in [0.1, 0.15) is 0 Å². The van der Waals surface area contributed by atoms with Crippen LogP contribution in [0.2, 0.25) is 0 Å². The molecule has 66 valence electrons. The summed E-state index contributed by atoms with van der Waals surface area (Å²) in [5.41, 5.74) is 0.909. The monoisotopic (exact) mass is 174 g/mol. The highest BCUT2D eigenvalue weighted by Gasteiger charge is 2.22. The van der Waals surface area contributed by atoms with Crippen LogP contribution in [0.25, 0.3) is 0 Å². The summed E-state index contributed by atoms with van der Waals surface area (Å²) in [6.07, 6.45) is 10.8. The minimum absolute atomic E-state index is 0.00694. The fourth-order valence-corrected chi connectivity index (χ4v) is 1.41. The van der Waals surface area contributed by atoms with Crippen molar-refractivity contribution < 1.29 is 4.79 Å². The van der Waals surface area contributed by atoms with Crippen LogP contribution in [0.4, 0.5) is 0 Å². The molecule has 0 bridgehead atoms. The second-order valence-corrected chi connectivity index (χ2v) is 3.01. The maximum absolute atomic E-state index is 11.4. The number of aliphatic imine (C=N–C) groups is 1. The van der Waals surface area contributed by atoms with Crippen molar-refractivity contribution in [3.05, 3.63) is 36.6 Å². The van der Waals surface area contributed by atoms with Gasteiger partial charge in [0.1, 0.15) is 0 Å². The summed E-state index contributed by atoms with van der Waals surface area (Å²) in [5.74, 6) is -0.0105. The number of nitrogens with zero attached hydrogens (tertiary/aromatic N) is 2. The van der Waals surface area contributed by atoms with Gasteiger partial charge in [0.2, 0.25) is 5.91 Å². The molecule has 0 fully saturated rings. The fraction of sp³-hybridized carbons (Fsp3) is 0.200. The Morgan fingerprint density at radius 1 is 1.38 bits per heavy atom. The summed E-state index contributed by atoms with van der Waals surface area (Å²) in [4.78, 5) is 17.2. The SMILES string of the molecule is CN1C(=O)C=CN=C2C=CC=CC21. The summed E-state index contributed by atoms with van der Waals surface area (Å²) >= 11 is 0. The van der Waals surface area contributed by atoms with Crippen LogP contribution >= 0.6 is 0 Å². The summed E-state index contributed by atoms with van der Waals surface area (Å²) < 4.78 is 0. The first-order valence-corrected chi connectivity index (χ1v) is 4.15. The Hall–Kier alpha value is -1.64. The Morgan fingerprint density at radius 3 is 3.08 bits per heavy atom. The number of rotatable bonds is 0. The molecule has 1 heterocycles. The van der Waals surface area contributed by atoms with Gasteiger partial charge in [-0.05, 0) is 6.08 Å². The number of hydrogen-bond acceptors (Lipinski definition) is 2. The lowest BCUT2D eigenvalue weighted by molar-refractivity contribution is -0.125. The predicted molar refractivity (Wildman–Crippen MR) is 51.4 cm³/mol. The molecule has 0 aromatic heterocycles. The van der Waals surface area contributed by atoms with Crippen molar-refractivity contribution in [2.24, 2.45) is 4.99 Å². The molecule has 1 aliphatic heterocycles. The minimum atomic E-state index is -0.0105. The van der Waals surface area contributed by atoms with Gasteiger partial charge in [-0.1, -0.05) is 18.2 Å². The van der Waals surface area contributed by atoms with Crippen molar-refractivity contribution in [1.29, 1.82) is 0 Å². The Morgan fingerprint density at radius 2 is 2.23 bits per heavy atom. The summed E-state index contributed by atoms with van der Waals surface area (Å²) in [7, 11) is 1.78. The zero-order chi connectivity index (χ0) is 9.26. The standard InChI is InChI=1S/C10H10N2O/c1-12-9-5-3-2-4-8(9)11-7-6-10(12)13/h2-7,9H,1H3. The highest BCUT2D eigenvalue weighted by Crippen LogP contribution is 2.11. The number of amides is 1. The molecule has 1 unspecified atom stereocenters. The van der Waals surface area contributed by atoms with E-state index in [4.69, 9.17) is 0 Å². The van der Waals surface area contributed by atoms with E-state index in [1.54, 1.807) is 18.1 Å². The van der Waals surface area contributed by atoms with E-state index in [2.05, 4.69) is 4.99 Å². The zero-order valence-electron chi connectivity index (χ0n) is 7.34. The van der Waals surface area contributed by atoms with Gasteiger partial charge in [-0.25, -0.2) is 0 Å². The van der Waals surface area contributed by atoms with Gasteiger partial charge in [0.25, 0.3) is 0 Å². The topological polar surface area (TPSA) is 32.7 Å². The maximum atomic E-state index is 11.4. The van der Waals surface area contributed by atoms with Crippen LogP contribution in [0.5, 0.6) is 0 Å². The van der Waals surface area contributed by atoms with Crippen molar-refractivity contribution >= 4 is 11.6 Å². The number of carbonyl (C=O) groups is 1. The molecular weight excluding hydrogens is 164 g/mol. The van der Waals surface area contributed by atoms with Crippen molar-refractivity contribution in [2.45, 2.75) is 6.04 Å². The van der Waals surface area contributed by atoms with Crippen molar-refractivity contribution in [3.8, 4) is 0 Å². The molecule has 2 rings (SSSR count). The first-order chi connectivity index (χ1) is 6.29. The van der Waals surface area contributed by atoms with E-state index in [1.165, 1.54) is 6.08 Å². The Bertz CT molecular complexity index is 350. The van der Waals surface area contributed by atoms with Crippen molar-refractivity contribution in [1.82, 2.24) is 4.90 Å². The number of carbonyl (C=O) groups excluding carboxylic acids is 1. The highest BCUT2D eigenvalue weighted by molar-refractivity contribution is 6.06. The van der Waals surface area contributed by atoms with Gasteiger partial charge in [-0.3, -0.25) is 9.79 Å². The van der Waals surface area contributed by atoms with E-state index in [0.717, 1.165) is 5.71 Å². The largest absolute Gasteiger partial charge is 0.330 e. The number of fused-ring (bicyclic) bond motifs is 1. The molecular formula is C10H10N2O. The molecule has 1 aliphatic carbocycles. The van der Waals surface area contributed by atoms with Gasteiger partial charge in [-0.2, -0.15) is 0 Å². The minimum Gasteiger partial charge on any atom is -0.330 e. The lowest BCUT2D eigenvalue weighted by atomic mass is 10.1. The average molecular weight is 174 g/mol. The summed E-state index contributed by atoms with van der Waals surface area (Å²) in [6, 6.07) is -0.00694. The van der Waals surface area contributed by atoms with E-state index in [-0.39, 0.29) is 11.9 Å². The molecule has 0 spiro atoms. The molecule has 3 nitrogen and oxygen atoms in total. The number of likely N-dealkylation sites (N-methyl/N-ethyl adjacent to an activating group) is 1. The number of hydrogen-bond donors (Lipinski definition) is 0. The molecule has 2 aliphatic rings. The fourth-order valence-electron chi connectivity index (χ4n) is 1.41. The Kier molecular flexibility index (Phi) is 1.85. The molecule has 0 aromatic rings. The third-order valence-electron chi connectivity index (χ3n) is 2.18. The third kappa shape index (κ3) is 1.33. The molecule has 3 heteroatoms. The van der Waals surface area contributed by atoms with Gasteiger partial charge >= 0.3 is 0 Å². The summed E-state index contributed by atoms with van der Waals surface area (Å²) in [6.45, 7) is 0. The van der Waals surface area contributed by atoms with Gasteiger partial charge in [0.05, 0.1) is 11.8 Å². The smallest absolute Gasteiger partial charge is 0.248 e. The normalized spacial score (nSPS) is 25.6. The van der Waals surface area contributed by atoms with Crippen LogP contribution in [-0.2, 0) is 4.79 Å². The lowest BCUT2D eigenvalue weighted by Crippen LogP contribution is -2.39. The molecule has 0 saturated carbocycles. The Labute approximate surface area is 76.8 Å². The first kappa shape index (κ1) is 7.98. The van der Waals surface area contributed by atoms with Crippen molar-refractivity contribution in [3.63, 3.8) is 0 Å². The van der Waals surface area contributed by atoms with E-state index < -0.39 is 0 Å². The first-order valence-electron chi connectivity index (χ1n) is 4.15. The second kappa shape index (κ2) is 3.01. The maximum Gasteiger partial charge on any atom is 0.248 e. The number of allylic oxidation sites excluding steroid dienone is 2. The lowest BCUT2D eigenvalue weighted by Gasteiger charge is -2.24. The van der Waals surface area contributed by atoms with Gasteiger partial charge in [-0.15, -0.1) is 0 Å². The van der Waals surface area contributed by atoms with Gasteiger partial charge in [0, 0.05) is 19.3 Å². The van der Waals surface area contributed by atoms with Crippen LogP contribution in [0, 0.1) is 0 Å². The van der Waals surface area contributed by atoms with E-state index in [1.807, 2.05) is 24.3 Å². The van der Waals surface area contributed by atoms with Gasteiger partial charge in [0.15, 0.2) is 0 Å². The van der Waals surface area contributed by atoms with Crippen molar-refractivity contribution in [2.75, 3.05) is 7.05 Å². The third-order valence-corrected chi connectivity index (χ3v) is 2.18. The second-order valence-electron chi connectivity index (χ2n) is 3.01. The molecule has 0 aromatic carbocycles. The Balaban J connectivity index is 2.39. The highest BCUT2D eigenvalue weighted by atomic mass is 16.2. The van der Waals surface area contributed by atoms with Gasteiger partial charge < -0.3 is 4.90 Å². The molecule has 13 heavy (non-hydrogen) atoms. The molecule has 0 radical (unpaired) electrons. The average Bonchev–Trinajstić information content (AvgIpc) is 2.29. The van der Waals surface area contributed by atoms with E-state index in [0.29, 0.717) is 0 Å². The molecule has 0 saturated heterocycles. The zero-order valence-corrected chi connectivity index (χ0v) is 7.34. The molecule has 0 N–H and O–H groups in total. The van der Waals surface area contributed by atoms with Crippen LogP contribution in [0.3, 0.4) is 0 Å². The van der Waals surface area contributed by atoms with E-state index >= 15 is 0 Å². The predicted octanol–water partition coefficient (Wildman–Crippen LogP) is 0.908. The molecule has 1 amide bonds. The van der Waals surface area contributed by atoms with Crippen LogP contribution < -0.4 is 0 Å². The van der Waals surface area contributed by atoms with Crippen LogP contribution in [-0.4, -0.2) is 29.6 Å². The molecule has 1 atom stereocenters. The van der Waals surface area contributed by atoms with E-state index in [9.17, 15) is 4.79 Å².